The van der Waals surface area contributed by atoms with E-state index >= 15 is 0 Å². The Bertz CT molecular complexity index is 1100. The number of piperidine rings is 1. The van der Waals surface area contributed by atoms with Crippen LogP contribution in [-0.2, 0) is 26.1 Å². The van der Waals surface area contributed by atoms with Gasteiger partial charge in [0.25, 0.3) is 0 Å². The van der Waals surface area contributed by atoms with Crippen molar-refractivity contribution in [2.45, 2.75) is 52.0 Å². The van der Waals surface area contributed by atoms with Crippen molar-refractivity contribution in [3.8, 4) is 0 Å². The lowest BCUT2D eigenvalue weighted by Crippen LogP contribution is -2.38. The van der Waals surface area contributed by atoms with Gasteiger partial charge < -0.3 is 9.47 Å². The van der Waals surface area contributed by atoms with Crippen LogP contribution in [0.1, 0.15) is 63.7 Å². The molecule has 0 unspecified atom stereocenters. The summed E-state index contributed by atoms with van der Waals surface area (Å²) in [4.78, 5) is 28.7. The molecule has 0 aliphatic carbocycles. The topological polar surface area (TPSA) is 103 Å². The highest BCUT2D eigenvalue weighted by atomic mass is 32.2. The van der Waals surface area contributed by atoms with Crippen LogP contribution < -0.4 is 0 Å². The van der Waals surface area contributed by atoms with Crippen molar-refractivity contribution in [1.29, 1.82) is 0 Å². The van der Waals surface area contributed by atoms with Crippen molar-refractivity contribution in [3.05, 3.63) is 44.9 Å². The third-order valence-corrected chi connectivity index (χ3v) is 8.46. The molecule has 10 heteroatoms. The third-order valence-electron chi connectivity index (χ3n) is 5.57. The lowest BCUT2D eigenvalue weighted by atomic mass is 10.0. The second kappa shape index (κ2) is 10.1. The van der Waals surface area contributed by atoms with Crippen LogP contribution in [0, 0.1) is 19.8 Å². The van der Waals surface area contributed by atoms with Crippen LogP contribution in [0.4, 0.5) is 0 Å². The lowest BCUT2D eigenvalue weighted by Gasteiger charge is -2.30. The number of aryl methyl sites for hydroxylation is 1. The third kappa shape index (κ3) is 5.36. The summed E-state index contributed by atoms with van der Waals surface area (Å²) < 4.78 is 38.3. The van der Waals surface area contributed by atoms with Gasteiger partial charge in [0.05, 0.1) is 22.8 Å². The average Bonchev–Trinajstić information content (AvgIpc) is 3.23. The number of sulfonamides is 1. The molecule has 2 aromatic rings. The van der Waals surface area contributed by atoms with E-state index < -0.39 is 22.0 Å². The van der Waals surface area contributed by atoms with Gasteiger partial charge in [0, 0.05) is 18.5 Å². The second-order valence-electron chi connectivity index (χ2n) is 7.94. The van der Waals surface area contributed by atoms with E-state index in [0.29, 0.717) is 35.8 Å². The Labute approximate surface area is 192 Å². The molecule has 0 N–H and O–H groups in total. The molecule has 0 spiro atoms. The number of carbonyl (C=O) groups excluding carboxylic acids is 2. The van der Waals surface area contributed by atoms with Crippen molar-refractivity contribution in [3.63, 3.8) is 0 Å². The molecule has 3 rings (SSSR count). The van der Waals surface area contributed by atoms with Gasteiger partial charge in [-0.2, -0.15) is 4.31 Å². The minimum Gasteiger partial charge on any atom is -0.461 e. The van der Waals surface area contributed by atoms with E-state index in [9.17, 15) is 18.0 Å². The zero-order chi connectivity index (χ0) is 23.5. The molecule has 0 radical (unpaired) electrons. The number of rotatable bonds is 7. The summed E-state index contributed by atoms with van der Waals surface area (Å²) in [5.41, 5.74) is 1.91. The maximum Gasteiger partial charge on any atom is 0.367 e. The van der Waals surface area contributed by atoms with Crippen molar-refractivity contribution in [2.75, 3.05) is 19.7 Å². The zero-order valence-electron chi connectivity index (χ0n) is 18.7. The summed E-state index contributed by atoms with van der Waals surface area (Å²) in [7, 11) is -3.71. The minimum atomic E-state index is -3.71. The van der Waals surface area contributed by atoms with Gasteiger partial charge in [0.2, 0.25) is 15.0 Å². The largest absolute Gasteiger partial charge is 0.461 e. The number of benzene rings is 1. The normalized spacial score (nSPS) is 15.5. The minimum absolute atomic E-state index is 0.131. The fourth-order valence-electron chi connectivity index (χ4n) is 3.46. The summed E-state index contributed by atoms with van der Waals surface area (Å²) in [5.74, 6) is -0.672. The number of thiazole rings is 1. The second-order valence-corrected chi connectivity index (χ2v) is 10.7. The van der Waals surface area contributed by atoms with E-state index in [-0.39, 0.29) is 28.7 Å². The number of aromatic nitrogens is 1. The van der Waals surface area contributed by atoms with Gasteiger partial charge in [0.1, 0.15) is 6.61 Å². The highest BCUT2D eigenvalue weighted by molar-refractivity contribution is 7.89. The molecule has 174 valence electrons. The van der Waals surface area contributed by atoms with Crippen molar-refractivity contribution < 1.29 is 27.5 Å². The molecule has 0 atom stereocenters. The summed E-state index contributed by atoms with van der Waals surface area (Å²) >= 11 is 1.11. The maximum atomic E-state index is 13.3. The summed E-state index contributed by atoms with van der Waals surface area (Å²) in [6, 6.07) is 3.02. The highest BCUT2D eigenvalue weighted by Crippen LogP contribution is 2.28. The lowest BCUT2D eigenvalue weighted by molar-refractivity contribution is 0.0467. The molecule has 0 amide bonds. The number of esters is 2. The molecule has 1 aromatic carbocycles. The van der Waals surface area contributed by atoms with Crippen LogP contribution in [0.15, 0.2) is 22.4 Å². The molecule has 0 saturated carbocycles. The van der Waals surface area contributed by atoms with E-state index in [2.05, 4.69) is 11.9 Å². The molecule has 1 aromatic heterocycles. The Morgan fingerprint density at radius 1 is 1.16 bits per heavy atom. The number of hydrogen-bond donors (Lipinski definition) is 0. The summed E-state index contributed by atoms with van der Waals surface area (Å²) in [6.07, 6.45) is 1.64. The molecular formula is C22H28N2O6S2. The van der Waals surface area contributed by atoms with Crippen LogP contribution in [0.3, 0.4) is 0 Å². The van der Waals surface area contributed by atoms with Gasteiger partial charge in [-0.05, 0) is 62.8 Å². The average molecular weight is 481 g/mol. The van der Waals surface area contributed by atoms with Gasteiger partial charge >= 0.3 is 11.9 Å². The van der Waals surface area contributed by atoms with Gasteiger partial charge in [-0.3, -0.25) is 0 Å². The fourth-order valence-corrected chi connectivity index (χ4v) is 5.95. The highest BCUT2D eigenvalue weighted by Gasteiger charge is 2.30. The molecule has 2 heterocycles. The summed E-state index contributed by atoms with van der Waals surface area (Å²) in [6.45, 7) is 8.41. The molecule has 1 fully saturated rings. The Morgan fingerprint density at radius 2 is 1.84 bits per heavy atom. The van der Waals surface area contributed by atoms with Gasteiger partial charge in [0.15, 0.2) is 0 Å². The predicted octanol–water partition coefficient (Wildman–Crippen LogP) is 3.71. The first-order valence-corrected chi connectivity index (χ1v) is 12.9. The molecule has 1 saturated heterocycles. The Balaban J connectivity index is 1.76. The van der Waals surface area contributed by atoms with E-state index in [4.69, 9.17) is 9.47 Å². The summed E-state index contributed by atoms with van der Waals surface area (Å²) in [5, 5.41) is 1.81. The fraction of sp³-hybridized carbons (Fsp3) is 0.500. The van der Waals surface area contributed by atoms with Gasteiger partial charge in [-0.25, -0.2) is 23.0 Å². The molecule has 1 aliphatic heterocycles. The zero-order valence-corrected chi connectivity index (χ0v) is 20.3. The maximum absolute atomic E-state index is 13.3. The molecular weight excluding hydrogens is 452 g/mol. The molecule has 0 bridgehead atoms. The van der Waals surface area contributed by atoms with E-state index in [1.54, 1.807) is 32.2 Å². The Kier molecular flexibility index (Phi) is 7.68. The van der Waals surface area contributed by atoms with E-state index in [1.807, 2.05) is 0 Å². The quantitative estimate of drug-likeness (QED) is 0.557. The first-order chi connectivity index (χ1) is 15.1. The molecule has 32 heavy (non-hydrogen) atoms. The SMILES string of the molecule is CCOC(=O)c1nc(COC(=O)c2cc(C)c(C)c(S(=O)(=O)N3CCC(C)CC3)c2)cs1. The van der Waals surface area contributed by atoms with E-state index in [0.717, 1.165) is 24.2 Å². The monoisotopic (exact) mass is 480 g/mol. The first kappa shape index (κ1) is 24.3. The van der Waals surface area contributed by atoms with Crippen molar-refractivity contribution in [1.82, 2.24) is 9.29 Å². The van der Waals surface area contributed by atoms with Crippen molar-refractivity contribution in [2.24, 2.45) is 5.92 Å². The van der Waals surface area contributed by atoms with Crippen LogP contribution in [0.5, 0.6) is 0 Å². The smallest absolute Gasteiger partial charge is 0.367 e. The Hall–Kier alpha value is -2.30. The number of hydrogen-bond acceptors (Lipinski definition) is 8. The number of carbonyl (C=O) groups is 2. The standard InChI is InChI=1S/C22H28N2O6S2/c1-5-29-22(26)20-23-18(13-31-20)12-30-21(25)17-10-15(3)16(4)19(11-17)32(27,28)24-8-6-14(2)7-9-24/h10-11,13-14H,5-9,12H2,1-4H3. The van der Waals surface area contributed by atoms with Gasteiger partial charge in [-0.1, -0.05) is 6.92 Å². The number of nitrogens with zero attached hydrogens (tertiary/aromatic N) is 2. The Morgan fingerprint density at radius 3 is 2.50 bits per heavy atom. The van der Waals surface area contributed by atoms with Crippen molar-refractivity contribution >= 4 is 33.3 Å². The van der Waals surface area contributed by atoms with Gasteiger partial charge in [-0.15, -0.1) is 11.3 Å². The van der Waals surface area contributed by atoms with E-state index in [1.165, 1.54) is 10.4 Å². The van der Waals surface area contributed by atoms with Crippen LogP contribution in [0.2, 0.25) is 0 Å². The molecule has 8 nitrogen and oxygen atoms in total. The molecule has 1 aliphatic rings. The predicted molar refractivity (Wildman–Crippen MR) is 120 cm³/mol. The van der Waals surface area contributed by atoms with Crippen LogP contribution in [-0.4, -0.2) is 49.3 Å². The number of ether oxygens (including phenoxy) is 2. The van der Waals surface area contributed by atoms with Crippen LogP contribution >= 0.6 is 11.3 Å². The first-order valence-electron chi connectivity index (χ1n) is 10.5. The van der Waals surface area contributed by atoms with Crippen LogP contribution in [0.25, 0.3) is 0 Å².